The van der Waals surface area contributed by atoms with Gasteiger partial charge in [-0.05, 0) is 12.8 Å². The van der Waals surface area contributed by atoms with Gasteiger partial charge in [-0.15, -0.1) is 0 Å². The zero-order valence-electron chi connectivity index (χ0n) is 9.45. The quantitative estimate of drug-likeness (QED) is 0.471. The van der Waals surface area contributed by atoms with Gasteiger partial charge in [-0.1, -0.05) is 0 Å². The van der Waals surface area contributed by atoms with Crippen molar-refractivity contribution in [2.24, 2.45) is 0 Å². The van der Waals surface area contributed by atoms with Gasteiger partial charge in [0, 0.05) is 26.8 Å². The lowest BCUT2D eigenvalue weighted by molar-refractivity contribution is -0.139. The summed E-state index contributed by atoms with van der Waals surface area (Å²) in [4.78, 5) is 22.5. The van der Waals surface area contributed by atoms with Gasteiger partial charge in [-0.2, -0.15) is 0 Å². The lowest BCUT2D eigenvalue weighted by Crippen LogP contribution is -2.43. The average molecular weight is 230 g/mol. The highest BCUT2D eigenvalue weighted by Gasteiger charge is 2.18. The van der Waals surface area contributed by atoms with Crippen LogP contribution in [0.15, 0.2) is 0 Å². The highest BCUT2D eigenvalue weighted by atomic mass is 16.5. The summed E-state index contributed by atoms with van der Waals surface area (Å²) in [5.41, 5.74) is 0. The molecule has 1 fully saturated rings. The Labute approximate surface area is 94.7 Å². The molecule has 0 saturated carbocycles. The van der Waals surface area contributed by atoms with Crippen molar-refractivity contribution < 1.29 is 19.1 Å². The van der Waals surface area contributed by atoms with Crippen molar-refractivity contribution in [1.82, 2.24) is 10.6 Å². The molecule has 1 rings (SSSR count). The van der Waals surface area contributed by atoms with Gasteiger partial charge in [0.25, 0.3) is 0 Å². The first-order valence-corrected chi connectivity index (χ1v) is 5.40. The van der Waals surface area contributed by atoms with Crippen molar-refractivity contribution in [1.29, 1.82) is 0 Å². The highest BCUT2D eigenvalue weighted by molar-refractivity contribution is 6.35. The summed E-state index contributed by atoms with van der Waals surface area (Å²) in [6.07, 6.45) is 2.00. The summed E-state index contributed by atoms with van der Waals surface area (Å²) in [5, 5.41) is 4.98. The summed E-state index contributed by atoms with van der Waals surface area (Å²) in [7, 11) is 1.53. The first-order chi connectivity index (χ1) is 7.74. The van der Waals surface area contributed by atoms with E-state index in [4.69, 9.17) is 9.47 Å². The smallest absolute Gasteiger partial charge is 0.309 e. The van der Waals surface area contributed by atoms with Crippen molar-refractivity contribution in [3.8, 4) is 0 Å². The number of hydrogen-bond acceptors (Lipinski definition) is 4. The molecule has 1 aliphatic heterocycles. The maximum absolute atomic E-state index is 11.3. The molecule has 6 nitrogen and oxygen atoms in total. The van der Waals surface area contributed by atoms with E-state index in [0.717, 1.165) is 19.4 Å². The minimum Gasteiger partial charge on any atom is -0.383 e. The lowest BCUT2D eigenvalue weighted by Gasteiger charge is -2.10. The first-order valence-electron chi connectivity index (χ1n) is 5.40. The molecule has 0 aromatic carbocycles. The third-order valence-corrected chi connectivity index (χ3v) is 2.31. The Morgan fingerprint density at radius 1 is 1.38 bits per heavy atom. The van der Waals surface area contributed by atoms with E-state index in [0.29, 0.717) is 19.7 Å². The number of ether oxygens (including phenoxy) is 2. The molecule has 1 atom stereocenters. The topological polar surface area (TPSA) is 76.7 Å². The third kappa shape index (κ3) is 4.59. The van der Waals surface area contributed by atoms with Crippen molar-refractivity contribution in [2.45, 2.75) is 18.9 Å². The molecule has 1 heterocycles. The van der Waals surface area contributed by atoms with Crippen molar-refractivity contribution >= 4 is 11.8 Å². The molecule has 0 aliphatic carbocycles. The van der Waals surface area contributed by atoms with Crippen LogP contribution in [-0.2, 0) is 19.1 Å². The molecular formula is C10H18N2O4. The first kappa shape index (κ1) is 12.9. The monoisotopic (exact) mass is 230 g/mol. The number of hydrogen-bond donors (Lipinski definition) is 2. The van der Waals surface area contributed by atoms with Crippen molar-refractivity contribution in [2.75, 3.05) is 33.4 Å². The van der Waals surface area contributed by atoms with Crippen LogP contribution in [0.1, 0.15) is 12.8 Å². The zero-order chi connectivity index (χ0) is 11.8. The molecule has 0 radical (unpaired) electrons. The third-order valence-electron chi connectivity index (χ3n) is 2.31. The maximum Gasteiger partial charge on any atom is 0.309 e. The summed E-state index contributed by atoms with van der Waals surface area (Å²) in [5.74, 6) is -1.25. The fourth-order valence-electron chi connectivity index (χ4n) is 1.44. The Balaban J connectivity index is 2.10. The largest absolute Gasteiger partial charge is 0.383 e. The van der Waals surface area contributed by atoms with E-state index in [1.807, 2.05) is 0 Å². The molecule has 0 bridgehead atoms. The Bertz CT molecular complexity index is 239. The molecule has 1 unspecified atom stereocenters. The molecule has 0 aromatic rings. The van der Waals surface area contributed by atoms with E-state index in [1.165, 1.54) is 7.11 Å². The van der Waals surface area contributed by atoms with Crippen LogP contribution < -0.4 is 10.6 Å². The molecule has 16 heavy (non-hydrogen) atoms. The van der Waals surface area contributed by atoms with Crippen LogP contribution in [0.4, 0.5) is 0 Å². The summed E-state index contributed by atoms with van der Waals surface area (Å²) in [6.45, 7) is 1.87. The molecule has 1 saturated heterocycles. The molecule has 2 N–H and O–H groups in total. The van der Waals surface area contributed by atoms with Gasteiger partial charge in [0.1, 0.15) is 0 Å². The van der Waals surface area contributed by atoms with E-state index in [2.05, 4.69) is 10.6 Å². The number of amides is 2. The fraction of sp³-hybridized carbons (Fsp3) is 0.800. The minimum atomic E-state index is -0.630. The molecule has 1 aliphatic rings. The van der Waals surface area contributed by atoms with E-state index in [-0.39, 0.29) is 6.10 Å². The van der Waals surface area contributed by atoms with E-state index >= 15 is 0 Å². The Hall–Kier alpha value is -1.14. The van der Waals surface area contributed by atoms with E-state index in [9.17, 15) is 9.59 Å². The molecular weight excluding hydrogens is 212 g/mol. The zero-order valence-corrected chi connectivity index (χ0v) is 9.45. The Morgan fingerprint density at radius 2 is 2.12 bits per heavy atom. The molecule has 6 heteroatoms. The highest BCUT2D eigenvalue weighted by Crippen LogP contribution is 2.10. The molecule has 92 valence electrons. The number of rotatable bonds is 5. The average Bonchev–Trinajstić information content (AvgIpc) is 2.79. The Kier molecular flexibility index (Phi) is 5.81. The van der Waals surface area contributed by atoms with Crippen LogP contribution >= 0.6 is 0 Å². The molecule has 0 spiro atoms. The predicted molar refractivity (Wildman–Crippen MR) is 56.9 cm³/mol. The standard InChI is InChI=1S/C10H18N2O4/c1-15-6-4-11-9(13)10(14)12-7-8-3-2-5-16-8/h8H,2-7H2,1H3,(H,11,13)(H,12,14). The van der Waals surface area contributed by atoms with E-state index in [1.54, 1.807) is 0 Å². The van der Waals surface area contributed by atoms with Crippen molar-refractivity contribution in [3.05, 3.63) is 0 Å². The van der Waals surface area contributed by atoms with Gasteiger partial charge in [0.2, 0.25) is 0 Å². The van der Waals surface area contributed by atoms with Crippen LogP contribution in [-0.4, -0.2) is 51.3 Å². The molecule has 0 aromatic heterocycles. The minimum absolute atomic E-state index is 0.0516. The second-order valence-corrected chi connectivity index (χ2v) is 3.59. The van der Waals surface area contributed by atoms with Crippen LogP contribution in [0.2, 0.25) is 0 Å². The van der Waals surface area contributed by atoms with Crippen LogP contribution in [0.5, 0.6) is 0 Å². The van der Waals surface area contributed by atoms with Crippen LogP contribution in [0.25, 0.3) is 0 Å². The number of nitrogens with one attached hydrogen (secondary N) is 2. The predicted octanol–water partition coefficient (Wildman–Crippen LogP) is -0.956. The number of carbonyl (C=O) groups excluding carboxylic acids is 2. The van der Waals surface area contributed by atoms with Crippen LogP contribution in [0, 0.1) is 0 Å². The summed E-state index contributed by atoms with van der Waals surface area (Å²) in [6, 6.07) is 0. The van der Waals surface area contributed by atoms with Gasteiger partial charge in [-0.3, -0.25) is 9.59 Å². The van der Waals surface area contributed by atoms with Crippen molar-refractivity contribution in [3.63, 3.8) is 0 Å². The van der Waals surface area contributed by atoms with Crippen LogP contribution in [0.3, 0.4) is 0 Å². The summed E-state index contributed by atoms with van der Waals surface area (Å²) >= 11 is 0. The normalized spacial score (nSPS) is 19.4. The lowest BCUT2D eigenvalue weighted by atomic mass is 10.2. The SMILES string of the molecule is COCCNC(=O)C(=O)NCC1CCCO1. The summed E-state index contributed by atoms with van der Waals surface area (Å²) < 4.78 is 10.1. The van der Waals surface area contributed by atoms with Gasteiger partial charge in [0.15, 0.2) is 0 Å². The van der Waals surface area contributed by atoms with Gasteiger partial charge >= 0.3 is 11.8 Å². The van der Waals surface area contributed by atoms with Gasteiger partial charge < -0.3 is 20.1 Å². The second-order valence-electron chi connectivity index (χ2n) is 3.59. The van der Waals surface area contributed by atoms with Gasteiger partial charge in [-0.25, -0.2) is 0 Å². The number of carbonyl (C=O) groups is 2. The Morgan fingerprint density at radius 3 is 2.75 bits per heavy atom. The van der Waals surface area contributed by atoms with Gasteiger partial charge in [0.05, 0.1) is 12.7 Å². The second kappa shape index (κ2) is 7.19. The maximum atomic E-state index is 11.3. The fourth-order valence-corrected chi connectivity index (χ4v) is 1.44. The van der Waals surface area contributed by atoms with E-state index < -0.39 is 11.8 Å². The number of methoxy groups -OCH3 is 1. The molecule has 2 amide bonds.